The molecule has 2 aromatic rings. The molecule has 1 fully saturated rings. The van der Waals surface area contributed by atoms with Crippen LogP contribution in [-0.4, -0.2) is 44.7 Å². The van der Waals surface area contributed by atoms with Gasteiger partial charge in [0.1, 0.15) is 0 Å². The predicted octanol–water partition coefficient (Wildman–Crippen LogP) is 3.26. The van der Waals surface area contributed by atoms with Crippen LogP contribution in [0.15, 0.2) is 54.6 Å². The van der Waals surface area contributed by atoms with E-state index in [1.54, 1.807) is 12.1 Å². The molecular weight excluding hydrogens is 398 g/mol. The number of likely N-dealkylation sites (tertiary alicyclic amines) is 1. The van der Waals surface area contributed by atoms with Crippen LogP contribution in [0.4, 0.5) is 4.79 Å². The molecule has 1 aliphatic rings. The van der Waals surface area contributed by atoms with Crippen LogP contribution in [0.25, 0.3) is 0 Å². The highest BCUT2D eigenvalue weighted by molar-refractivity contribution is 7.89. The predicted molar refractivity (Wildman–Crippen MR) is 120 cm³/mol. The largest absolute Gasteiger partial charge is 0.335 e. The summed E-state index contributed by atoms with van der Waals surface area (Å²) in [5.41, 5.74) is 3.01. The van der Waals surface area contributed by atoms with Crippen LogP contribution < -0.4 is 10.6 Å². The zero-order chi connectivity index (χ0) is 21.6. The third-order valence-electron chi connectivity index (χ3n) is 5.60. The summed E-state index contributed by atoms with van der Waals surface area (Å²) in [6.07, 6.45) is 3.09. The summed E-state index contributed by atoms with van der Waals surface area (Å²) >= 11 is 0. The number of nitrogens with zero attached hydrogens (tertiary/aromatic N) is 1. The SMILES string of the molecule is CC(c1ccccc1)N1CCC(NC(=O)NCc2ccc(CS(C)(=O)=O)cc2)CC1. The Morgan fingerprint density at radius 3 is 2.23 bits per heavy atom. The summed E-state index contributed by atoms with van der Waals surface area (Å²) in [6.45, 7) is 4.57. The Hall–Kier alpha value is -2.38. The van der Waals surface area contributed by atoms with Crippen molar-refractivity contribution in [2.45, 2.75) is 44.1 Å². The molecule has 1 saturated heterocycles. The topological polar surface area (TPSA) is 78.5 Å². The lowest BCUT2D eigenvalue weighted by Crippen LogP contribution is -2.48. The van der Waals surface area contributed by atoms with Gasteiger partial charge in [-0.2, -0.15) is 0 Å². The lowest BCUT2D eigenvalue weighted by molar-refractivity contribution is 0.153. The fourth-order valence-corrected chi connectivity index (χ4v) is 4.65. The van der Waals surface area contributed by atoms with Gasteiger partial charge in [-0.3, -0.25) is 4.90 Å². The molecule has 0 bridgehead atoms. The van der Waals surface area contributed by atoms with E-state index in [2.05, 4.69) is 46.7 Å². The van der Waals surface area contributed by atoms with Gasteiger partial charge in [-0.1, -0.05) is 54.6 Å². The third kappa shape index (κ3) is 6.85. The number of piperidine rings is 1. The molecule has 1 unspecified atom stereocenters. The molecule has 0 saturated carbocycles. The van der Waals surface area contributed by atoms with E-state index in [-0.39, 0.29) is 17.8 Å². The van der Waals surface area contributed by atoms with Gasteiger partial charge in [-0.15, -0.1) is 0 Å². The lowest BCUT2D eigenvalue weighted by Gasteiger charge is -2.36. The maximum absolute atomic E-state index is 12.3. The molecule has 0 spiro atoms. The number of hydrogen-bond acceptors (Lipinski definition) is 4. The number of hydrogen-bond donors (Lipinski definition) is 2. The average molecular weight is 430 g/mol. The molecule has 3 rings (SSSR count). The van der Waals surface area contributed by atoms with Crippen molar-refractivity contribution in [2.75, 3.05) is 19.3 Å². The average Bonchev–Trinajstić information content (AvgIpc) is 2.73. The molecule has 1 aliphatic heterocycles. The molecular formula is C23H31N3O3S. The Morgan fingerprint density at radius 2 is 1.63 bits per heavy atom. The Balaban J connectivity index is 1.40. The van der Waals surface area contributed by atoms with Crippen LogP contribution in [0.1, 0.15) is 42.5 Å². The number of nitrogens with one attached hydrogen (secondary N) is 2. The van der Waals surface area contributed by atoms with Crippen LogP contribution in [-0.2, 0) is 22.1 Å². The molecule has 0 aliphatic carbocycles. The minimum atomic E-state index is -3.04. The van der Waals surface area contributed by atoms with Crippen molar-refractivity contribution >= 4 is 15.9 Å². The first-order chi connectivity index (χ1) is 14.3. The summed E-state index contributed by atoms with van der Waals surface area (Å²) < 4.78 is 22.7. The van der Waals surface area contributed by atoms with Gasteiger partial charge < -0.3 is 10.6 Å². The van der Waals surface area contributed by atoms with Gasteiger partial charge in [0.2, 0.25) is 0 Å². The second-order valence-electron chi connectivity index (χ2n) is 8.11. The van der Waals surface area contributed by atoms with E-state index in [4.69, 9.17) is 0 Å². The maximum Gasteiger partial charge on any atom is 0.315 e. The van der Waals surface area contributed by atoms with Crippen molar-refractivity contribution in [3.63, 3.8) is 0 Å². The summed E-state index contributed by atoms with van der Waals surface area (Å²) in [7, 11) is -3.04. The molecule has 0 aromatic heterocycles. The van der Waals surface area contributed by atoms with E-state index in [0.29, 0.717) is 12.6 Å². The van der Waals surface area contributed by atoms with Gasteiger partial charge in [0, 0.05) is 38.0 Å². The highest BCUT2D eigenvalue weighted by Gasteiger charge is 2.24. The third-order valence-corrected chi connectivity index (χ3v) is 6.46. The number of carbonyl (C=O) groups is 1. The molecule has 2 N–H and O–H groups in total. The zero-order valence-corrected chi connectivity index (χ0v) is 18.5. The van der Waals surface area contributed by atoms with Crippen molar-refractivity contribution in [3.8, 4) is 0 Å². The van der Waals surface area contributed by atoms with Gasteiger partial charge in [-0.05, 0) is 36.5 Å². The fourth-order valence-electron chi connectivity index (χ4n) is 3.85. The molecule has 1 atom stereocenters. The van der Waals surface area contributed by atoms with E-state index < -0.39 is 9.84 Å². The van der Waals surface area contributed by atoms with Crippen LogP contribution in [0.2, 0.25) is 0 Å². The molecule has 2 aromatic carbocycles. The van der Waals surface area contributed by atoms with Crippen molar-refractivity contribution in [2.24, 2.45) is 0 Å². The quantitative estimate of drug-likeness (QED) is 0.708. The Kier molecular flexibility index (Phi) is 7.50. The Morgan fingerprint density at radius 1 is 1.03 bits per heavy atom. The summed E-state index contributed by atoms with van der Waals surface area (Å²) in [5.74, 6) is 0.0305. The first-order valence-corrected chi connectivity index (χ1v) is 12.4. The summed E-state index contributed by atoms with van der Waals surface area (Å²) in [5, 5.41) is 5.97. The van der Waals surface area contributed by atoms with Crippen molar-refractivity contribution in [1.82, 2.24) is 15.5 Å². The van der Waals surface area contributed by atoms with E-state index in [9.17, 15) is 13.2 Å². The molecule has 162 valence electrons. The van der Waals surface area contributed by atoms with E-state index in [1.165, 1.54) is 11.8 Å². The van der Waals surface area contributed by atoms with Gasteiger partial charge in [-0.25, -0.2) is 13.2 Å². The van der Waals surface area contributed by atoms with Crippen molar-refractivity contribution < 1.29 is 13.2 Å². The minimum Gasteiger partial charge on any atom is -0.335 e. The van der Waals surface area contributed by atoms with E-state index in [0.717, 1.165) is 37.1 Å². The number of benzene rings is 2. The van der Waals surface area contributed by atoms with Gasteiger partial charge in [0.05, 0.1) is 5.75 Å². The fraction of sp³-hybridized carbons (Fsp3) is 0.435. The second kappa shape index (κ2) is 10.1. The monoisotopic (exact) mass is 429 g/mol. The maximum atomic E-state index is 12.3. The molecule has 2 amide bonds. The minimum absolute atomic E-state index is 0.0305. The molecule has 6 nitrogen and oxygen atoms in total. The van der Waals surface area contributed by atoms with Crippen LogP contribution >= 0.6 is 0 Å². The van der Waals surface area contributed by atoms with Gasteiger partial charge in [0.25, 0.3) is 0 Å². The second-order valence-corrected chi connectivity index (χ2v) is 10.3. The smallest absolute Gasteiger partial charge is 0.315 e. The highest BCUT2D eigenvalue weighted by Crippen LogP contribution is 2.23. The Labute approximate surface area is 179 Å². The molecule has 0 radical (unpaired) electrons. The van der Waals surface area contributed by atoms with Crippen LogP contribution in [0.3, 0.4) is 0 Å². The normalized spacial score (nSPS) is 16.7. The van der Waals surface area contributed by atoms with Gasteiger partial charge in [0.15, 0.2) is 9.84 Å². The lowest BCUT2D eigenvalue weighted by atomic mass is 10.0. The van der Waals surface area contributed by atoms with E-state index >= 15 is 0 Å². The number of amides is 2. The van der Waals surface area contributed by atoms with E-state index in [1.807, 2.05) is 18.2 Å². The molecule has 30 heavy (non-hydrogen) atoms. The van der Waals surface area contributed by atoms with Crippen LogP contribution in [0.5, 0.6) is 0 Å². The standard InChI is InChI=1S/C23H31N3O3S/c1-18(21-6-4-3-5-7-21)26-14-12-22(13-15-26)25-23(27)24-16-19-8-10-20(11-9-19)17-30(2,28)29/h3-11,18,22H,12-17H2,1-2H3,(H2,24,25,27). The highest BCUT2D eigenvalue weighted by atomic mass is 32.2. The summed E-state index contributed by atoms with van der Waals surface area (Å²) in [6, 6.07) is 18.2. The van der Waals surface area contributed by atoms with Crippen molar-refractivity contribution in [3.05, 3.63) is 71.3 Å². The molecule has 7 heteroatoms. The first-order valence-electron chi connectivity index (χ1n) is 10.4. The Bertz CT molecular complexity index is 922. The number of sulfone groups is 1. The van der Waals surface area contributed by atoms with Crippen molar-refractivity contribution in [1.29, 1.82) is 0 Å². The summed E-state index contributed by atoms with van der Waals surface area (Å²) in [4.78, 5) is 14.7. The number of urea groups is 1. The first kappa shape index (κ1) is 22.3. The number of carbonyl (C=O) groups excluding carboxylic acids is 1. The number of rotatable bonds is 7. The van der Waals surface area contributed by atoms with Crippen LogP contribution in [0, 0.1) is 0 Å². The zero-order valence-electron chi connectivity index (χ0n) is 17.7. The molecule has 1 heterocycles. The van der Waals surface area contributed by atoms with Gasteiger partial charge >= 0.3 is 6.03 Å².